The molecular weight excluding hydrogens is 288 g/mol. The van der Waals surface area contributed by atoms with Gasteiger partial charge in [0.05, 0.1) is 12.8 Å². The van der Waals surface area contributed by atoms with Crippen LogP contribution < -0.4 is 10.2 Å². The maximum absolute atomic E-state index is 12.0. The molecule has 0 saturated heterocycles. The quantitative estimate of drug-likeness (QED) is 0.694. The SMILES string of the molecule is COc1cccc(C(=O)N/N=C(\C)c2ccc(Cl)cc2)c1. The van der Waals surface area contributed by atoms with Gasteiger partial charge in [0.1, 0.15) is 5.75 Å². The molecule has 0 spiro atoms. The van der Waals surface area contributed by atoms with Crippen molar-refractivity contribution in [3.05, 3.63) is 64.7 Å². The van der Waals surface area contributed by atoms with Crippen molar-refractivity contribution in [2.75, 3.05) is 7.11 Å². The average Bonchev–Trinajstić information content (AvgIpc) is 2.53. The third-order valence-electron chi connectivity index (χ3n) is 2.92. The van der Waals surface area contributed by atoms with Gasteiger partial charge in [-0.15, -0.1) is 0 Å². The number of rotatable bonds is 4. The highest BCUT2D eigenvalue weighted by Gasteiger charge is 2.06. The first kappa shape index (κ1) is 15.1. The lowest BCUT2D eigenvalue weighted by Gasteiger charge is -2.05. The Kier molecular flexibility index (Phi) is 4.95. The molecule has 0 unspecified atom stereocenters. The van der Waals surface area contributed by atoms with Crippen molar-refractivity contribution in [3.63, 3.8) is 0 Å². The van der Waals surface area contributed by atoms with Crippen LogP contribution in [0.3, 0.4) is 0 Å². The molecule has 1 amide bonds. The monoisotopic (exact) mass is 302 g/mol. The van der Waals surface area contributed by atoms with Crippen molar-refractivity contribution in [3.8, 4) is 5.75 Å². The van der Waals surface area contributed by atoms with E-state index in [1.165, 1.54) is 0 Å². The minimum Gasteiger partial charge on any atom is -0.497 e. The van der Waals surface area contributed by atoms with Crippen LogP contribution in [-0.4, -0.2) is 18.7 Å². The fraction of sp³-hybridized carbons (Fsp3) is 0.125. The van der Waals surface area contributed by atoms with Crippen LogP contribution in [0.15, 0.2) is 53.6 Å². The largest absolute Gasteiger partial charge is 0.497 e. The fourth-order valence-electron chi connectivity index (χ4n) is 1.72. The summed E-state index contributed by atoms with van der Waals surface area (Å²) in [5.74, 6) is 0.336. The number of hydrogen-bond donors (Lipinski definition) is 1. The Bertz CT molecular complexity index is 666. The van der Waals surface area contributed by atoms with Crippen LogP contribution in [0, 0.1) is 0 Å². The molecule has 0 aliphatic carbocycles. The fourth-order valence-corrected chi connectivity index (χ4v) is 1.85. The highest BCUT2D eigenvalue weighted by molar-refractivity contribution is 6.30. The number of benzene rings is 2. The van der Waals surface area contributed by atoms with Crippen LogP contribution >= 0.6 is 11.6 Å². The number of hydrazone groups is 1. The van der Waals surface area contributed by atoms with Crippen molar-refractivity contribution in [2.24, 2.45) is 5.10 Å². The summed E-state index contributed by atoms with van der Waals surface area (Å²) in [4.78, 5) is 12.0. The number of nitrogens with one attached hydrogen (secondary N) is 1. The van der Waals surface area contributed by atoms with Gasteiger partial charge in [0, 0.05) is 10.6 Å². The van der Waals surface area contributed by atoms with E-state index in [9.17, 15) is 4.79 Å². The summed E-state index contributed by atoms with van der Waals surface area (Å²) in [5, 5.41) is 4.75. The number of nitrogens with zero attached hydrogens (tertiary/aromatic N) is 1. The molecule has 2 rings (SSSR count). The predicted molar refractivity (Wildman–Crippen MR) is 84.1 cm³/mol. The number of ether oxygens (including phenoxy) is 1. The van der Waals surface area contributed by atoms with Crippen LogP contribution in [0.2, 0.25) is 5.02 Å². The molecule has 0 heterocycles. The Labute approximate surface area is 128 Å². The normalized spacial score (nSPS) is 11.1. The summed E-state index contributed by atoms with van der Waals surface area (Å²) < 4.78 is 5.08. The second kappa shape index (κ2) is 6.90. The van der Waals surface area contributed by atoms with Crippen LogP contribution in [-0.2, 0) is 0 Å². The lowest BCUT2D eigenvalue weighted by molar-refractivity contribution is 0.0954. The minimum absolute atomic E-state index is 0.290. The molecule has 4 nitrogen and oxygen atoms in total. The van der Waals surface area contributed by atoms with Crippen molar-refractivity contribution in [1.82, 2.24) is 5.43 Å². The summed E-state index contributed by atoms with van der Waals surface area (Å²) in [6, 6.07) is 14.1. The molecule has 0 aliphatic heterocycles. The zero-order valence-corrected chi connectivity index (χ0v) is 12.5. The van der Waals surface area contributed by atoms with Gasteiger partial charge < -0.3 is 4.74 Å². The Morgan fingerprint density at radius 3 is 2.52 bits per heavy atom. The summed E-state index contributed by atoms with van der Waals surface area (Å²) in [6.45, 7) is 1.81. The standard InChI is InChI=1S/C16H15ClN2O2/c1-11(12-6-8-14(17)9-7-12)18-19-16(20)13-4-3-5-15(10-13)21-2/h3-10H,1-2H3,(H,19,20)/b18-11+. The lowest BCUT2D eigenvalue weighted by atomic mass is 10.1. The van der Waals surface area contributed by atoms with Gasteiger partial charge in [-0.25, -0.2) is 5.43 Å². The molecule has 0 atom stereocenters. The highest BCUT2D eigenvalue weighted by Crippen LogP contribution is 2.13. The number of amides is 1. The lowest BCUT2D eigenvalue weighted by Crippen LogP contribution is -2.19. The molecule has 0 aromatic heterocycles. The molecule has 2 aromatic rings. The first-order chi connectivity index (χ1) is 10.1. The molecular formula is C16H15ClN2O2. The Hall–Kier alpha value is -2.33. The van der Waals surface area contributed by atoms with Gasteiger partial charge in [-0.2, -0.15) is 5.10 Å². The zero-order chi connectivity index (χ0) is 15.2. The maximum atomic E-state index is 12.0. The van der Waals surface area contributed by atoms with Crippen molar-refractivity contribution in [1.29, 1.82) is 0 Å². The van der Waals surface area contributed by atoms with Crippen molar-refractivity contribution < 1.29 is 9.53 Å². The molecule has 0 aliphatic rings. The molecule has 108 valence electrons. The van der Waals surface area contributed by atoms with Gasteiger partial charge in [-0.3, -0.25) is 4.79 Å². The summed E-state index contributed by atoms with van der Waals surface area (Å²) >= 11 is 5.83. The van der Waals surface area contributed by atoms with Gasteiger partial charge >= 0.3 is 0 Å². The van der Waals surface area contributed by atoms with E-state index in [2.05, 4.69) is 10.5 Å². The third kappa shape index (κ3) is 4.07. The number of carbonyl (C=O) groups excluding carboxylic acids is 1. The average molecular weight is 303 g/mol. The van der Waals surface area contributed by atoms with Crippen LogP contribution in [0.5, 0.6) is 5.75 Å². The van der Waals surface area contributed by atoms with Crippen LogP contribution in [0.25, 0.3) is 0 Å². The van der Waals surface area contributed by atoms with Crippen molar-refractivity contribution in [2.45, 2.75) is 6.92 Å². The second-order valence-electron chi connectivity index (χ2n) is 4.38. The number of carbonyl (C=O) groups is 1. The summed E-state index contributed by atoms with van der Waals surface area (Å²) in [7, 11) is 1.56. The van der Waals surface area contributed by atoms with Gasteiger partial charge in [0.25, 0.3) is 5.91 Å². The molecule has 21 heavy (non-hydrogen) atoms. The summed E-state index contributed by atoms with van der Waals surface area (Å²) in [5.41, 5.74) is 4.60. The number of methoxy groups -OCH3 is 1. The topological polar surface area (TPSA) is 50.7 Å². The molecule has 1 N–H and O–H groups in total. The second-order valence-corrected chi connectivity index (χ2v) is 4.81. The van der Waals surface area contributed by atoms with E-state index < -0.39 is 0 Å². The molecule has 0 radical (unpaired) electrons. The summed E-state index contributed by atoms with van der Waals surface area (Å²) in [6.07, 6.45) is 0. The number of halogens is 1. The maximum Gasteiger partial charge on any atom is 0.271 e. The van der Waals surface area contributed by atoms with E-state index in [4.69, 9.17) is 16.3 Å². The number of hydrogen-bond acceptors (Lipinski definition) is 3. The predicted octanol–water partition coefficient (Wildman–Crippen LogP) is 3.50. The Morgan fingerprint density at radius 2 is 1.86 bits per heavy atom. The van der Waals surface area contributed by atoms with Crippen LogP contribution in [0.4, 0.5) is 0 Å². The van der Waals surface area contributed by atoms with Gasteiger partial charge in [-0.05, 0) is 42.8 Å². The molecule has 5 heteroatoms. The minimum atomic E-state index is -0.290. The zero-order valence-electron chi connectivity index (χ0n) is 11.8. The Morgan fingerprint density at radius 1 is 1.14 bits per heavy atom. The van der Waals surface area contributed by atoms with E-state index in [0.29, 0.717) is 22.0 Å². The van der Waals surface area contributed by atoms with E-state index in [1.54, 1.807) is 43.5 Å². The first-order valence-corrected chi connectivity index (χ1v) is 6.72. The molecule has 2 aromatic carbocycles. The van der Waals surface area contributed by atoms with E-state index >= 15 is 0 Å². The highest BCUT2D eigenvalue weighted by atomic mass is 35.5. The van der Waals surface area contributed by atoms with Gasteiger partial charge in [-0.1, -0.05) is 29.8 Å². The van der Waals surface area contributed by atoms with Crippen LogP contribution in [0.1, 0.15) is 22.8 Å². The molecule has 0 saturated carbocycles. The van der Waals surface area contributed by atoms with E-state index in [-0.39, 0.29) is 5.91 Å². The van der Waals surface area contributed by atoms with E-state index in [0.717, 1.165) is 5.56 Å². The smallest absolute Gasteiger partial charge is 0.271 e. The molecule has 0 bridgehead atoms. The molecule has 0 fully saturated rings. The first-order valence-electron chi connectivity index (χ1n) is 6.35. The van der Waals surface area contributed by atoms with Gasteiger partial charge in [0.15, 0.2) is 0 Å². The van der Waals surface area contributed by atoms with Crippen molar-refractivity contribution >= 4 is 23.2 Å². The Balaban J connectivity index is 2.08. The van der Waals surface area contributed by atoms with Gasteiger partial charge in [0.2, 0.25) is 0 Å². The van der Waals surface area contributed by atoms with E-state index in [1.807, 2.05) is 19.1 Å². The third-order valence-corrected chi connectivity index (χ3v) is 3.17.